The fourth-order valence-corrected chi connectivity index (χ4v) is 4.72. The van der Waals surface area contributed by atoms with Crippen molar-refractivity contribution in [2.75, 3.05) is 19.6 Å². The molecule has 1 N–H and O–H groups in total. The van der Waals surface area contributed by atoms with E-state index in [1.807, 2.05) is 86.3 Å². The lowest BCUT2D eigenvalue weighted by Gasteiger charge is -2.41. The van der Waals surface area contributed by atoms with Gasteiger partial charge in [0.2, 0.25) is 5.91 Å². The highest BCUT2D eigenvalue weighted by Gasteiger charge is 2.35. The van der Waals surface area contributed by atoms with Gasteiger partial charge >= 0.3 is 0 Å². The molecule has 3 aromatic carbocycles. The molecule has 0 spiro atoms. The summed E-state index contributed by atoms with van der Waals surface area (Å²) in [6, 6.07) is 21.9. The molecule has 6 heteroatoms. The maximum Gasteiger partial charge on any atom is 0.254 e. The molecule has 3 unspecified atom stereocenters. The zero-order valence-electron chi connectivity index (χ0n) is 20.6. The summed E-state index contributed by atoms with van der Waals surface area (Å²) >= 11 is 0. The van der Waals surface area contributed by atoms with Gasteiger partial charge in [0.25, 0.3) is 11.8 Å². The Morgan fingerprint density at radius 1 is 0.943 bits per heavy atom. The number of hydrogen-bond acceptors (Lipinski definition) is 3. The van der Waals surface area contributed by atoms with E-state index in [1.54, 1.807) is 17.0 Å². The van der Waals surface area contributed by atoms with Gasteiger partial charge in [0.15, 0.2) is 0 Å². The molecule has 35 heavy (non-hydrogen) atoms. The maximum atomic E-state index is 13.5. The average Bonchev–Trinajstić information content (AvgIpc) is 2.90. The van der Waals surface area contributed by atoms with Crippen molar-refractivity contribution < 1.29 is 14.4 Å². The Balaban J connectivity index is 1.47. The normalized spacial score (nSPS) is 17.6. The van der Waals surface area contributed by atoms with Crippen LogP contribution in [0.25, 0.3) is 10.8 Å². The highest BCUT2D eigenvalue weighted by Crippen LogP contribution is 2.23. The molecule has 182 valence electrons. The first-order valence-corrected chi connectivity index (χ1v) is 12.3. The molecule has 3 amide bonds. The van der Waals surface area contributed by atoms with Crippen molar-refractivity contribution in [3.05, 3.63) is 83.9 Å². The first-order valence-electron chi connectivity index (χ1n) is 12.3. The van der Waals surface area contributed by atoms with Crippen molar-refractivity contribution in [1.82, 2.24) is 15.1 Å². The van der Waals surface area contributed by atoms with Gasteiger partial charge in [-0.2, -0.15) is 0 Å². The topological polar surface area (TPSA) is 69.7 Å². The van der Waals surface area contributed by atoms with Crippen LogP contribution in [0.15, 0.2) is 72.8 Å². The second-order valence-electron chi connectivity index (χ2n) is 9.36. The van der Waals surface area contributed by atoms with E-state index >= 15 is 0 Å². The van der Waals surface area contributed by atoms with Gasteiger partial charge < -0.3 is 15.1 Å². The van der Waals surface area contributed by atoms with Crippen LogP contribution in [0, 0.1) is 5.92 Å². The van der Waals surface area contributed by atoms with E-state index in [0.29, 0.717) is 30.8 Å². The lowest BCUT2D eigenvalue weighted by molar-refractivity contribution is -0.137. The molecular formula is C29H33N3O3. The van der Waals surface area contributed by atoms with Gasteiger partial charge in [-0.25, -0.2) is 0 Å². The van der Waals surface area contributed by atoms with Gasteiger partial charge in [-0.15, -0.1) is 0 Å². The number of hydrogen-bond donors (Lipinski definition) is 1. The van der Waals surface area contributed by atoms with Gasteiger partial charge in [-0.3, -0.25) is 14.4 Å². The van der Waals surface area contributed by atoms with Crippen LogP contribution >= 0.6 is 0 Å². The number of nitrogens with one attached hydrogen (secondary N) is 1. The second kappa shape index (κ2) is 10.7. The Morgan fingerprint density at radius 3 is 2.34 bits per heavy atom. The molecule has 3 atom stereocenters. The highest BCUT2D eigenvalue weighted by molar-refractivity contribution is 6.07. The van der Waals surface area contributed by atoms with E-state index in [9.17, 15) is 14.4 Å². The van der Waals surface area contributed by atoms with Gasteiger partial charge in [0.05, 0.1) is 0 Å². The first-order chi connectivity index (χ1) is 16.9. The Hall–Kier alpha value is -3.67. The molecule has 6 nitrogen and oxygen atoms in total. The van der Waals surface area contributed by atoms with E-state index < -0.39 is 6.04 Å². The predicted octanol–water partition coefficient (Wildman–Crippen LogP) is 4.36. The minimum Gasteiger partial charge on any atom is -0.340 e. The third-order valence-corrected chi connectivity index (χ3v) is 7.02. The quantitative estimate of drug-likeness (QED) is 0.581. The molecule has 1 heterocycles. The van der Waals surface area contributed by atoms with Crippen LogP contribution in [0.3, 0.4) is 0 Å². The number of carbonyl (C=O) groups excluding carboxylic acids is 3. The summed E-state index contributed by atoms with van der Waals surface area (Å²) in [7, 11) is 0. The molecular weight excluding hydrogens is 438 g/mol. The number of nitrogens with zero attached hydrogens (tertiary/aromatic N) is 2. The molecule has 0 saturated carbocycles. The molecule has 1 aliphatic rings. The fourth-order valence-electron chi connectivity index (χ4n) is 4.72. The smallest absolute Gasteiger partial charge is 0.254 e. The third-order valence-electron chi connectivity index (χ3n) is 7.02. The number of amides is 3. The highest BCUT2D eigenvalue weighted by atomic mass is 16.2. The molecule has 0 bridgehead atoms. The Morgan fingerprint density at radius 2 is 1.63 bits per heavy atom. The number of benzene rings is 3. The van der Waals surface area contributed by atoms with Crippen LogP contribution in [0.2, 0.25) is 0 Å². The van der Waals surface area contributed by atoms with Crippen molar-refractivity contribution in [3.8, 4) is 0 Å². The summed E-state index contributed by atoms with van der Waals surface area (Å²) < 4.78 is 0. The summed E-state index contributed by atoms with van der Waals surface area (Å²) in [5.41, 5.74) is 1.22. The van der Waals surface area contributed by atoms with Crippen LogP contribution in [0.5, 0.6) is 0 Å². The molecule has 0 radical (unpaired) electrons. The van der Waals surface area contributed by atoms with E-state index in [0.717, 1.165) is 17.2 Å². The zero-order chi connectivity index (χ0) is 24.9. The molecule has 1 aliphatic heterocycles. The second-order valence-corrected chi connectivity index (χ2v) is 9.36. The molecule has 0 aromatic heterocycles. The number of fused-ring (bicyclic) bond motifs is 1. The molecule has 1 fully saturated rings. The lowest BCUT2D eigenvalue weighted by Crippen LogP contribution is -2.60. The summed E-state index contributed by atoms with van der Waals surface area (Å²) in [5.74, 6) is -0.368. The van der Waals surface area contributed by atoms with Crippen LogP contribution in [-0.2, 0) is 4.79 Å². The number of carbonyl (C=O) groups is 3. The monoisotopic (exact) mass is 471 g/mol. The van der Waals surface area contributed by atoms with Gasteiger partial charge in [-0.1, -0.05) is 74.9 Å². The SMILES string of the molecule is CCC(C)C(NC(=O)c1ccccc1)C(=O)N1CCN(C(=O)c2cccc3ccccc23)C(C)C1. The van der Waals surface area contributed by atoms with Crippen LogP contribution in [0.4, 0.5) is 0 Å². The van der Waals surface area contributed by atoms with Gasteiger partial charge in [-0.05, 0) is 41.8 Å². The summed E-state index contributed by atoms with van der Waals surface area (Å²) in [4.78, 5) is 43.4. The van der Waals surface area contributed by atoms with E-state index in [1.165, 1.54) is 0 Å². The summed E-state index contributed by atoms with van der Waals surface area (Å²) in [5, 5.41) is 4.93. The van der Waals surface area contributed by atoms with Crippen molar-refractivity contribution in [2.45, 2.75) is 39.3 Å². The van der Waals surface area contributed by atoms with Crippen LogP contribution in [-0.4, -0.2) is 59.2 Å². The van der Waals surface area contributed by atoms with Crippen molar-refractivity contribution >= 4 is 28.5 Å². The van der Waals surface area contributed by atoms with Crippen LogP contribution < -0.4 is 5.32 Å². The van der Waals surface area contributed by atoms with Crippen molar-refractivity contribution in [2.24, 2.45) is 5.92 Å². The summed E-state index contributed by atoms with van der Waals surface area (Å²) in [6.07, 6.45) is 0.764. The third kappa shape index (κ3) is 5.21. The fraction of sp³-hybridized carbons (Fsp3) is 0.345. The molecule has 0 aliphatic carbocycles. The summed E-state index contributed by atoms with van der Waals surface area (Å²) in [6.45, 7) is 7.30. The standard InChI is InChI=1S/C29H33N3O3/c1-4-20(2)26(30-27(33)23-12-6-5-7-13-23)29(35)31-17-18-32(21(3)19-31)28(34)25-16-10-14-22-11-8-9-15-24(22)25/h5-16,20-21,26H,4,17-19H2,1-3H3,(H,30,33). The zero-order valence-corrected chi connectivity index (χ0v) is 20.6. The Bertz CT molecular complexity index is 1200. The minimum atomic E-state index is -0.611. The number of rotatable bonds is 6. The first kappa shape index (κ1) is 24.5. The van der Waals surface area contributed by atoms with Crippen molar-refractivity contribution in [1.29, 1.82) is 0 Å². The van der Waals surface area contributed by atoms with E-state index in [2.05, 4.69) is 5.32 Å². The molecule has 4 rings (SSSR count). The van der Waals surface area contributed by atoms with Gasteiger partial charge in [0.1, 0.15) is 6.04 Å². The average molecular weight is 472 g/mol. The number of piperazine rings is 1. The van der Waals surface area contributed by atoms with E-state index in [-0.39, 0.29) is 29.7 Å². The largest absolute Gasteiger partial charge is 0.340 e. The minimum absolute atomic E-state index is 0.0131. The van der Waals surface area contributed by atoms with Crippen LogP contribution in [0.1, 0.15) is 47.9 Å². The van der Waals surface area contributed by atoms with E-state index in [4.69, 9.17) is 0 Å². The Kier molecular flexibility index (Phi) is 7.49. The molecule has 1 saturated heterocycles. The maximum absolute atomic E-state index is 13.5. The molecule has 3 aromatic rings. The lowest BCUT2D eigenvalue weighted by atomic mass is 9.96. The van der Waals surface area contributed by atoms with Crippen molar-refractivity contribution in [3.63, 3.8) is 0 Å². The Labute approximate surface area is 206 Å². The predicted molar refractivity (Wildman–Crippen MR) is 138 cm³/mol. The van der Waals surface area contributed by atoms with Gasteiger partial charge in [0, 0.05) is 36.8 Å².